The Balaban J connectivity index is 1.77. The zero-order chi connectivity index (χ0) is 23.4. The van der Waals surface area contributed by atoms with E-state index in [0.717, 1.165) is 18.7 Å². The van der Waals surface area contributed by atoms with Crippen LogP contribution in [0.3, 0.4) is 0 Å². The van der Waals surface area contributed by atoms with Crippen molar-refractivity contribution < 1.29 is 17.9 Å². The summed E-state index contributed by atoms with van der Waals surface area (Å²) in [6.45, 7) is 8.69. The third kappa shape index (κ3) is 5.81. The van der Waals surface area contributed by atoms with Crippen LogP contribution in [0.5, 0.6) is 5.75 Å². The Hall–Kier alpha value is -2.58. The van der Waals surface area contributed by atoms with Crippen LogP contribution in [0.15, 0.2) is 47.4 Å². The van der Waals surface area contributed by atoms with E-state index in [0.29, 0.717) is 12.2 Å². The van der Waals surface area contributed by atoms with E-state index in [1.807, 2.05) is 19.1 Å². The van der Waals surface area contributed by atoms with Crippen LogP contribution >= 0.6 is 0 Å². The molecule has 0 atom stereocenters. The van der Waals surface area contributed by atoms with Crippen LogP contribution in [0, 0.1) is 6.92 Å². The summed E-state index contributed by atoms with van der Waals surface area (Å²) in [4.78, 5) is 15.2. The van der Waals surface area contributed by atoms with E-state index in [1.165, 1.54) is 38.5 Å². The Morgan fingerprint density at radius 1 is 1.06 bits per heavy atom. The molecule has 2 aromatic carbocycles. The number of ether oxygens (including phenoxy) is 1. The number of hydrogen-bond donors (Lipinski definition) is 2. The lowest BCUT2D eigenvalue weighted by atomic mass is 9.98. The van der Waals surface area contributed by atoms with Gasteiger partial charge in [0.2, 0.25) is 0 Å². The standard InChI is InChI=1S/C24H33N3O4S/c1-18-8-11-20(12-9-18)26-32(29,30)22-16-19(10-13-21(22)31-4)23(28)25-17-24(2,3)27-14-6-5-7-15-27/h8-13,16,26H,5-7,14-15,17H2,1-4H3,(H,25,28). The van der Waals surface area contributed by atoms with Crippen LogP contribution in [0.4, 0.5) is 5.69 Å². The number of sulfonamides is 1. The smallest absolute Gasteiger partial charge is 0.265 e. The fourth-order valence-electron chi connectivity index (χ4n) is 3.87. The number of piperidine rings is 1. The normalized spacial score (nSPS) is 15.2. The molecule has 2 aromatic rings. The molecule has 0 bridgehead atoms. The lowest BCUT2D eigenvalue weighted by Crippen LogP contribution is -2.53. The van der Waals surface area contributed by atoms with E-state index in [1.54, 1.807) is 18.2 Å². The first-order valence-corrected chi connectivity index (χ1v) is 12.4. The molecule has 0 aliphatic carbocycles. The molecule has 174 valence electrons. The molecule has 8 heteroatoms. The van der Waals surface area contributed by atoms with Crippen molar-refractivity contribution in [3.8, 4) is 5.75 Å². The molecule has 2 N–H and O–H groups in total. The Morgan fingerprint density at radius 2 is 1.72 bits per heavy atom. The average molecular weight is 460 g/mol. The number of aryl methyl sites for hydroxylation is 1. The summed E-state index contributed by atoms with van der Waals surface area (Å²) < 4.78 is 33.9. The molecule has 0 radical (unpaired) electrons. The molecular formula is C24H33N3O4S. The second-order valence-corrected chi connectivity index (χ2v) is 10.5. The van der Waals surface area contributed by atoms with Crippen LogP contribution in [0.25, 0.3) is 0 Å². The van der Waals surface area contributed by atoms with Gasteiger partial charge in [0.15, 0.2) is 0 Å². The minimum atomic E-state index is -3.95. The van der Waals surface area contributed by atoms with Crippen molar-refractivity contribution in [3.05, 3.63) is 53.6 Å². The van der Waals surface area contributed by atoms with E-state index < -0.39 is 10.0 Å². The number of rotatable bonds is 8. The van der Waals surface area contributed by atoms with Gasteiger partial charge in [0, 0.05) is 23.3 Å². The summed E-state index contributed by atoms with van der Waals surface area (Å²) >= 11 is 0. The molecule has 7 nitrogen and oxygen atoms in total. The molecule has 32 heavy (non-hydrogen) atoms. The lowest BCUT2D eigenvalue weighted by Gasteiger charge is -2.41. The minimum Gasteiger partial charge on any atom is -0.495 e. The monoisotopic (exact) mass is 459 g/mol. The Morgan fingerprint density at radius 3 is 2.34 bits per heavy atom. The number of carbonyl (C=O) groups is 1. The first-order valence-electron chi connectivity index (χ1n) is 10.9. The van der Waals surface area contributed by atoms with Crippen molar-refractivity contribution in [2.24, 2.45) is 0 Å². The second kappa shape index (κ2) is 9.92. The number of methoxy groups -OCH3 is 1. The highest BCUT2D eigenvalue weighted by Crippen LogP contribution is 2.27. The third-order valence-corrected chi connectivity index (χ3v) is 7.32. The summed E-state index contributed by atoms with van der Waals surface area (Å²) in [5, 5.41) is 2.97. The molecule has 3 rings (SSSR count). The average Bonchev–Trinajstić information content (AvgIpc) is 2.79. The third-order valence-electron chi connectivity index (χ3n) is 5.91. The predicted molar refractivity (Wildman–Crippen MR) is 127 cm³/mol. The maximum absolute atomic E-state index is 13.0. The Kier molecular flexibility index (Phi) is 7.46. The van der Waals surface area contributed by atoms with Gasteiger partial charge in [-0.05, 0) is 77.0 Å². The molecular weight excluding hydrogens is 426 g/mol. The van der Waals surface area contributed by atoms with Gasteiger partial charge in [-0.3, -0.25) is 14.4 Å². The van der Waals surface area contributed by atoms with Crippen molar-refractivity contribution in [3.63, 3.8) is 0 Å². The number of amides is 1. The van der Waals surface area contributed by atoms with Gasteiger partial charge in [-0.1, -0.05) is 24.1 Å². The second-order valence-electron chi connectivity index (χ2n) is 8.88. The van der Waals surface area contributed by atoms with Crippen molar-refractivity contribution in [1.29, 1.82) is 0 Å². The van der Waals surface area contributed by atoms with Gasteiger partial charge in [0.1, 0.15) is 10.6 Å². The zero-order valence-electron chi connectivity index (χ0n) is 19.3. The Labute approximate surface area is 191 Å². The maximum atomic E-state index is 13.0. The highest BCUT2D eigenvalue weighted by molar-refractivity contribution is 7.92. The van der Waals surface area contributed by atoms with Crippen LogP contribution < -0.4 is 14.8 Å². The van der Waals surface area contributed by atoms with Gasteiger partial charge in [0.25, 0.3) is 15.9 Å². The largest absolute Gasteiger partial charge is 0.495 e. The predicted octanol–water partition coefficient (Wildman–Crippen LogP) is 3.80. The highest BCUT2D eigenvalue weighted by atomic mass is 32.2. The summed E-state index contributed by atoms with van der Waals surface area (Å²) in [7, 11) is -2.54. The first-order chi connectivity index (χ1) is 15.1. The number of carbonyl (C=O) groups excluding carboxylic acids is 1. The van der Waals surface area contributed by atoms with Crippen molar-refractivity contribution in [2.75, 3.05) is 31.5 Å². The van der Waals surface area contributed by atoms with Crippen molar-refractivity contribution in [1.82, 2.24) is 10.2 Å². The molecule has 1 aliphatic rings. The molecule has 1 heterocycles. The fourth-order valence-corrected chi connectivity index (χ4v) is 5.12. The maximum Gasteiger partial charge on any atom is 0.265 e. The van der Waals surface area contributed by atoms with Gasteiger partial charge in [0.05, 0.1) is 7.11 Å². The summed E-state index contributed by atoms with van der Waals surface area (Å²) in [6, 6.07) is 11.5. The molecule has 1 aliphatic heterocycles. The molecule has 1 saturated heterocycles. The van der Waals surface area contributed by atoms with Gasteiger partial charge in [-0.15, -0.1) is 0 Å². The Bertz CT molecular complexity index is 1040. The van der Waals surface area contributed by atoms with Crippen LogP contribution in [-0.2, 0) is 10.0 Å². The first kappa shape index (κ1) is 24.1. The van der Waals surface area contributed by atoms with E-state index in [-0.39, 0.29) is 27.7 Å². The van der Waals surface area contributed by atoms with Gasteiger partial charge in [-0.25, -0.2) is 8.42 Å². The fraction of sp³-hybridized carbons (Fsp3) is 0.458. The quantitative estimate of drug-likeness (QED) is 0.627. The van der Waals surface area contributed by atoms with E-state index >= 15 is 0 Å². The molecule has 1 amide bonds. The van der Waals surface area contributed by atoms with Crippen LogP contribution in [0.1, 0.15) is 49.0 Å². The molecule has 0 saturated carbocycles. The van der Waals surface area contributed by atoms with Gasteiger partial charge >= 0.3 is 0 Å². The number of benzene rings is 2. The SMILES string of the molecule is COc1ccc(C(=O)NCC(C)(C)N2CCCCC2)cc1S(=O)(=O)Nc1ccc(C)cc1. The number of nitrogens with one attached hydrogen (secondary N) is 2. The minimum absolute atomic E-state index is 0.0801. The van der Waals surface area contributed by atoms with Gasteiger partial charge in [-0.2, -0.15) is 0 Å². The lowest BCUT2D eigenvalue weighted by molar-refractivity contribution is 0.0797. The summed E-state index contributed by atoms with van der Waals surface area (Å²) in [6.07, 6.45) is 3.59. The summed E-state index contributed by atoms with van der Waals surface area (Å²) in [5.74, 6) is -0.140. The number of nitrogens with zero attached hydrogens (tertiary/aromatic N) is 1. The van der Waals surface area contributed by atoms with E-state index in [4.69, 9.17) is 4.74 Å². The number of likely N-dealkylation sites (tertiary alicyclic amines) is 1. The summed E-state index contributed by atoms with van der Waals surface area (Å²) in [5.41, 5.74) is 1.56. The molecule has 1 fully saturated rings. The van der Waals surface area contributed by atoms with Gasteiger partial charge < -0.3 is 10.1 Å². The van der Waals surface area contributed by atoms with E-state index in [2.05, 4.69) is 28.8 Å². The molecule has 0 aromatic heterocycles. The van der Waals surface area contributed by atoms with Crippen molar-refractivity contribution >= 4 is 21.6 Å². The highest BCUT2D eigenvalue weighted by Gasteiger charge is 2.29. The van der Waals surface area contributed by atoms with Crippen LogP contribution in [-0.4, -0.2) is 51.5 Å². The molecule has 0 spiro atoms. The van der Waals surface area contributed by atoms with E-state index in [9.17, 15) is 13.2 Å². The zero-order valence-corrected chi connectivity index (χ0v) is 20.1. The molecule has 0 unspecified atom stereocenters. The number of hydrogen-bond acceptors (Lipinski definition) is 5. The van der Waals surface area contributed by atoms with Crippen LogP contribution in [0.2, 0.25) is 0 Å². The number of anilines is 1. The van der Waals surface area contributed by atoms with Crippen molar-refractivity contribution in [2.45, 2.75) is 50.5 Å². The topological polar surface area (TPSA) is 87.7 Å².